The van der Waals surface area contributed by atoms with Gasteiger partial charge in [0, 0.05) is 18.7 Å². The predicted octanol–water partition coefficient (Wildman–Crippen LogP) is 5.28. The van der Waals surface area contributed by atoms with Crippen LogP contribution in [-0.2, 0) is 19.7 Å². The molecule has 3 aromatic heterocycles. The van der Waals surface area contributed by atoms with E-state index >= 15 is 0 Å². The van der Waals surface area contributed by atoms with Gasteiger partial charge in [0.15, 0.2) is 0 Å². The fraction of sp³-hybridized carbons (Fsp3) is 0.133. The number of fused-ring (bicyclic) bond motifs is 1. The first-order valence-electron chi connectivity index (χ1n) is 12.8. The van der Waals surface area contributed by atoms with Gasteiger partial charge < -0.3 is 15.8 Å². The van der Waals surface area contributed by atoms with Crippen LogP contribution in [0.15, 0.2) is 85.1 Å². The van der Waals surface area contributed by atoms with Gasteiger partial charge in [0.1, 0.15) is 29.6 Å². The summed E-state index contributed by atoms with van der Waals surface area (Å²) in [6.45, 7) is 3.28. The molecule has 0 spiro atoms. The van der Waals surface area contributed by atoms with Crippen molar-refractivity contribution in [1.82, 2.24) is 30.0 Å². The number of pyridine rings is 1. The molecule has 200 valence electrons. The second kappa shape index (κ2) is 11.0. The largest absolute Gasteiger partial charge is 0.487 e. The number of ether oxygens (including phenoxy) is 1. The lowest BCUT2D eigenvalue weighted by atomic mass is 9.97. The van der Waals surface area contributed by atoms with Crippen molar-refractivity contribution in [2.45, 2.75) is 26.6 Å². The van der Waals surface area contributed by atoms with E-state index in [1.807, 2.05) is 65.2 Å². The van der Waals surface area contributed by atoms with E-state index in [1.54, 1.807) is 12.1 Å². The maximum Gasteiger partial charge on any atom is 0.204 e. The second-order valence-corrected chi connectivity index (χ2v) is 9.38. The molecule has 0 bridgehead atoms. The number of rotatable bonds is 9. The monoisotopic (exact) mass is 534 g/mol. The summed E-state index contributed by atoms with van der Waals surface area (Å²) >= 11 is 0. The van der Waals surface area contributed by atoms with Gasteiger partial charge in [-0.1, -0.05) is 48.5 Å². The molecule has 9 nitrogen and oxygen atoms in total. The van der Waals surface area contributed by atoms with E-state index in [-0.39, 0.29) is 5.82 Å². The molecule has 6 aromatic rings. The van der Waals surface area contributed by atoms with Crippen LogP contribution < -0.4 is 15.8 Å². The molecule has 0 aliphatic rings. The van der Waals surface area contributed by atoms with Crippen LogP contribution in [0.1, 0.15) is 22.4 Å². The SMILES string of the molecule is Cc1c(COc2ccc3nc(CN)c(NCc4cccc(-c5nn[nH]n5)c4)n3c2)cccc1-c1ccc(F)cc1. The minimum absolute atomic E-state index is 0.250. The quantitative estimate of drug-likeness (QED) is 0.231. The zero-order valence-corrected chi connectivity index (χ0v) is 21.8. The molecule has 0 radical (unpaired) electrons. The molecular formula is C30H27FN8O. The lowest BCUT2D eigenvalue weighted by Crippen LogP contribution is -2.07. The Balaban J connectivity index is 1.21. The van der Waals surface area contributed by atoms with E-state index < -0.39 is 0 Å². The highest BCUT2D eigenvalue weighted by molar-refractivity contribution is 5.68. The molecule has 0 saturated heterocycles. The Hall–Kier alpha value is -5.09. The van der Waals surface area contributed by atoms with E-state index in [0.29, 0.717) is 31.3 Å². The molecule has 10 heteroatoms. The number of halogens is 1. The molecule has 0 unspecified atom stereocenters. The lowest BCUT2D eigenvalue weighted by Gasteiger charge is -2.14. The number of aromatic nitrogens is 6. The summed E-state index contributed by atoms with van der Waals surface area (Å²) in [4.78, 5) is 4.69. The van der Waals surface area contributed by atoms with Crippen LogP contribution in [0.3, 0.4) is 0 Å². The Bertz CT molecular complexity index is 1760. The van der Waals surface area contributed by atoms with Crippen LogP contribution in [0.25, 0.3) is 28.2 Å². The van der Waals surface area contributed by atoms with E-state index in [4.69, 9.17) is 10.5 Å². The van der Waals surface area contributed by atoms with E-state index in [1.165, 1.54) is 12.1 Å². The van der Waals surface area contributed by atoms with Gasteiger partial charge in [0.05, 0.1) is 11.9 Å². The van der Waals surface area contributed by atoms with Crippen LogP contribution in [0.2, 0.25) is 0 Å². The highest BCUT2D eigenvalue weighted by Gasteiger charge is 2.13. The number of hydrogen-bond acceptors (Lipinski definition) is 7. The van der Waals surface area contributed by atoms with Gasteiger partial charge in [-0.15, -0.1) is 10.2 Å². The van der Waals surface area contributed by atoms with Gasteiger partial charge in [-0.05, 0) is 70.3 Å². The molecule has 3 heterocycles. The predicted molar refractivity (Wildman–Crippen MR) is 151 cm³/mol. The molecular weight excluding hydrogens is 507 g/mol. The number of nitrogens with zero attached hydrogens (tertiary/aromatic N) is 5. The normalized spacial score (nSPS) is 11.2. The number of aromatic amines is 1. The van der Waals surface area contributed by atoms with Crippen molar-refractivity contribution < 1.29 is 9.13 Å². The number of tetrazole rings is 1. The van der Waals surface area contributed by atoms with Crippen molar-refractivity contribution in [3.63, 3.8) is 0 Å². The molecule has 4 N–H and O–H groups in total. The molecule has 0 saturated carbocycles. The van der Waals surface area contributed by atoms with Crippen molar-refractivity contribution in [2.75, 3.05) is 5.32 Å². The Morgan fingerprint density at radius 3 is 2.65 bits per heavy atom. The number of benzene rings is 3. The first-order chi connectivity index (χ1) is 19.6. The number of anilines is 1. The van der Waals surface area contributed by atoms with E-state index in [2.05, 4.69) is 37.8 Å². The molecule has 6 rings (SSSR count). The number of hydrogen-bond donors (Lipinski definition) is 3. The van der Waals surface area contributed by atoms with Crippen molar-refractivity contribution in [2.24, 2.45) is 5.73 Å². The third-order valence-electron chi connectivity index (χ3n) is 6.84. The molecule has 0 fully saturated rings. The van der Waals surface area contributed by atoms with Gasteiger partial charge >= 0.3 is 0 Å². The minimum Gasteiger partial charge on any atom is -0.487 e. The Kier molecular flexibility index (Phi) is 6.90. The molecule has 0 amide bonds. The summed E-state index contributed by atoms with van der Waals surface area (Å²) in [7, 11) is 0. The topological polar surface area (TPSA) is 119 Å². The van der Waals surface area contributed by atoms with Crippen molar-refractivity contribution >= 4 is 11.5 Å². The fourth-order valence-corrected chi connectivity index (χ4v) is 4.72. The van der Waals surface area contributed by atoms with Gasteiger partial charge in [-0.3, -0.25) is 4.40 Å². The van der Waals surface area contributed by atoms with Gasteiger partial charge in [0.25, 0.3) is 0 Å². The zero-order chi connectivity index (χ0) is 27.5. The average Bonchev–Trinajstić information content (AvgIpc) is 3.64. The third kappa shape index (κ3) is 5.12. The summed E-state index contributed by atoms with van der Waals surface area (Å²) in [5.74, 6) is 1.80. The summed E-state index contributed by atoms with van der Waals surface area (Å²) in [6.07, 6.45) is 1.92. The maximum atomic E-state index is 13.4. The van der Waals surface area contributed by atoms with Crippen molar-refractivity contribution in [1.29, 1.82) is 0 Å². The van der Waals surface area contributed by atoms with Gasteiger partial charge in [0.2, 0.25) is 5.82 Å². The van der Waals surface area contributed by atoms with Gasteiger partial charge in [-0.2, -0.15) is 5.21 Å². The number of nitrogens with two attached hydrogens (primary N) is 1. The number of nitrogens with one attached hydrogen (secondary N) is 2. The van der Waals surface area contributed by atoms with Crippen molar-refractivity contribution in [3.05, 3.63) is 113 Å². The molecule has 40 heavy (non-hydrogen) atoms. The van der Waals surface area contributed by atoms with Crippen molar-refractivity contribution in [3.8, 4) is 28.3 Å². The van der Waals surface area contributed by atoms with Gasteiger partial charge in [-0.25, -0.2) is 9.37 Å². The van der Waals surface area contributed by atoms with E-state index in [9.17, 15) is 4.39 Å². The van der Waals surface area contributed by atoms with Crippen LogP contribution in [0.5, 0.6) is 5.75 Å². The minimum atomic E-state index is -0.250. The van der Waals surface area contributed by atoms with E-state index in [0.717, 1.165) is 50.5 Å². The smallest absolute Gasteiger partial charge is 0.204 e. The number of imidazole rings is 1. The lowest BCUT2D eigenvalue weighted by molar-refractivity contribution is 0.304. The highest BCUT2D eigenvalue weighted by atomic mass is 19.1. The Labute approximate surface area is 229 Å². The summed E-state index contributed by atoms with van der Waals surface area (Å²) < 4.78 is 21.6. The molecule has 0 aliphatic heterocycles. The van der Waals surface area contributed by atoms with Crippen LogP contribution in [-0.4, -0.2) is 30.0 Å². The second-order valence-electron chi connectivity index (χ2n) is 9.38. The third-order valence-corrected chi connectivity index (χ3v) is 6.84. The van der Waals surface area contributed by atoms with Crippen LogP contribution in [0.4, 0.5) is 10.2 Å². The van der Waals surface area contributed by atoms with Crippen LogP contribution >= 0.6 is 0 Å². The first-order valence-corrected chi connectivity index (χ1v) is 12.8. The fourth-order valence-electron chi connectivity index (χ4n) is 4.72. The number of H-pyrrole nitrogens is 1. The Morgan fingerprint density at radius 2 is 1.85 bits per heavy atom. The molecule has 3 aromatic carbocycles. The van der Waals surface area contributed by atoms with Crippen LogP contribution in [0, 0.1) is 12.7 Å². The highest BCUT2D eigenvalue weighted by Crippen LogP contribution is 2.28. The summed E-state index contributed by atoms with van der Waals surface area (Å²) in [5.41, 5.74) is 13.6. The zero-order valence-electron chi connectivity index (χ0n) is 21.8. The molecule has 0 atom stereocenters. The maximum absolute atomic E-state index is 13.4. The average molecular weight is 535 g/mol. The molecule has 0 aliphatic carbocycles. The summed E-state index contributed by atoms with van der Waals surface area (Å²) in [6, 6.07) is 24.4. The standard InChI is InChI=1S/C30H27FN8O/c1-19-23(6-3-7-26(19)21-8-10-24(31)11-9-21)18-40-25-12-13-28-34-27(15-32)30(39(28)17-25)33-16-20-4-2-5-22(14-20)29-35-37-38-36-29/h2-14,17,33H,15-16,18,32H2,1H3,(H,35,36,37,38). The first kappa shape index (κ1) is 25.2. The Morgan fingerprint density at radius 1 is 1.00 bits per heavy atom. The summed E-state index contributed by atoms with van der Waals surface area (Å²) in [5, 5.41) is 17.7.